The lowest BCUT2D eigenvalue weighted by Gasteiger charge is -2.38. The Morgan fingerprint density at radius 2 is 0.750 bits per heavy atom. The molecule has 0 atom stereocenters. The van der Waals surface area contributed by atoms with Gasteiger partial charge in [-0.3, -0.25) is 9.47 Å². The second-order valence-electron chi connectivity index (χ2n) is 16.2. The first-order valence-electron chi connectivity index (χ1n) is 21.5. The van der Waals surface area contributed by atoms with Crippen LogP contribution in [0.5, 0.6) is 23.0 Å². The van der Waals surface area contributed by atoms with Crippen LogP contribution in [0.3, 0.4) is 0 Å². The highest BCUT2D eigenvalue weighted by Gasteiger charge is 2.36. The zero-order chi connectivity index (χ0) is 42.1. The van der Waals surface area contributed by atoms with Gasteiger partial charge in [0.15, 0.2) is 23.0 Å². The molecule has 2 aromatic heterocycles. The van der Waals surface area contributed by atoms with Gasteiger partial charge in [0.2, 0.25) is 5.95 Å². The van der Waals surface area contributed by atoms with E-state index in [1.54, 1.807) is 0 Å². The molecule has 2 aliphatic heterocycles. The molecule has 0 amide bonds. The Morgan fingerprint density at radius 1 is 0.312 bits per heavy atom. The molecule has 13 rings (SSSR count). The predicted octanol–water partition coefficient (Wildman–Crippen LogP) is 15.6. The Morgan fingerprint density at radius 3 is 1.30 bits per heavy atom. The third-order valence-electron chi connectivity index (χ3n) is 12.4. The highest BCUT2D eigenvalue weighted by atomic mass is 16.5. The van der Waals surface area contributed by atoms with Crippen molar-refractivity contribution >= 4 is 38.9 Å². The quantitative estimate of drug-likeness (QED) is 0.167. The second-order valence-corrected chi connectivity index (χ2v) is 16.2. The maximum absolute atomic E-state index is 6.93. The normalized spacial score (nSPS) is 12.3. The fourth-order valence-electron chi connectivity index (χ4n) is 9.33. The van der Waals surface area contributed by atoms with E-state index < -0.39 is 0 Å². The number of fused-ring (bicyclic) bond motifs is 7. The summed E-state index contributed by atoms with van der Waals surface area (Å²) in [6.07, 6.45) is 0. The minimum absolute atomic E-state index is 0.612. The minimum Gasteiger partial charge on any atom is -0.453 e. The van der Waals surface area contributed by atoms with Crippen LogP contribution in [0, 0.1) is 0 Å². The van der Waals surface area contributed by atoms with Gasteiger partial charge >= 0.3 is 0 Å². The second kappa shape index (κ2) is 14.4. The first-order chi connectivity index (χ1) is 31.7. The molecular weight excluding hydrogens is 785 g/mol. The van der Waals surface area contributed by atoms with Crippen molar-refractivity contribution in [2.45, 2.75) is 0 Å². The first kappa shape index (κ1) is 36.0. The van der Waals surface area contributed by atoms with Gasteiger partial charge in [-0.2, -0.15) is 0 Å². The third-order valence-corrected chi connectivity index (χ3v) is 12.4. The molecule has 6 nitrogen and oxygen atoms in total. The average molecular weight is 821 g/mol. The van der Waals surface area contributed by atoms with Crippen molar-refractivity contribution in [2.24, 2.45) is 0 Å². The molecule has 0 bridgehead atoms. The standard InChI is InChI=1S/C58H36N4O2/c1-5-15-37(16-6-1)42-26-29-51-53(32-42)63-55-34-44(35-56-57(55)61(51)52-30-27-43(33-54(52)64-56)38-17-7-2-8-18-38)41-25-28-50-46(31-41)45-23-13-14-24-49(45)62(50)58-59-47(39-19-9-3-10-20-39)36-48(60-58)40-21-11-4-12-22-40/h1-36H. The lowest BCUT2D eigenvalue weighted by molar-refractivity contribution is 0.446. The van der Waals surface area contributed by atoms with E-state index in [4.69, 9.17) is 19.4 Å². The summed E-state index contributed by atoms with van der Waals surface area (Å²) in [6.45, 7) is 0. The van der Waals surface area contributed by atoms with Gasteiger partial charge < -0.3 is 9.47 Å². The van der Waals surface area contributed by atoms with Crippen LogP contribution < -0.4 is 14.4 Å². The first-order valence-corrected chi connectivity index (χ1v) is 21.5. The zero-order valence-corrected chi connectivity index (χ0v) is 34.4. The lowest BCUT2D eigenvalue weighted by Crippen LogP contribution is -2.20. The maximum Gasteiger partial charge on any atom is 0.235 e. The summed E-state index contributed by atoms with van der Waals surface area (Å²) in [5.41, 5.74) is 15.1. The molecule has 0 saturated carbocycles. The van der Waals surface area contributed by atoms with Crippen molar-refractivity contribution in [3.8, 4) is 84.8 Å². The van der Waals surface area contributed by atoms with E-state index in [0.717, 1.165) is 118 Å². The molecule has 0 saturated heterocycles. The topological polar surface area (TPSA) is 52.4 Å². The van der Waals surface area contributed by atoms with Crippen molar-refractivity contribution in [3.63, 3.8) is 0 Å². The van der Waals surface area contributed by atoms with Crippen LogP contribution >= 0.6 is 0 Å². The maximum atomic E-state index is 6.93. The summed E-state index contributed by atoms with van der Waals surface area (Å²) >= 11 is 0. The molecule has 300 valence electrons. The van der Waals surface area contributed by atoms with Crippen LogP contribution in [0.15, 0.2) is 218 Å². The Hall–Kier alpha value is -8.74. The molecule has 0 N–H and O–H groups in total. The average Bonchev–Trinajstić information content (AvgIpc) is 3.70. The van der Waals surface area contributed by atoms with Gasteiger partial charge in [0, 0.05) is 21.9 Å². The summed E-state index contributed by atoms with van der Waals surface area (Å²) < 4.78 is 16.0. The Labute approximate surface area is 369 Å². The van der Waals surface area contributed by atoms with Crippen molar-refractivity contribution in [1.82, 2.24) is 14.5 Å². The van der Waals surface area contributed by atoms with Crippen LogP contribution in [0.1, 0.15) is 0 Å². The number of para-hydroxylation sites is 1. The van der Waals surface area contributed by atoms with Gasteiger partial charge in [0.25, 0.3) is 0 Å². The van der Waals surface area contributed by atoms with E-state index in [-0.39, 0.29) is 0 Å². The molecule has 0 spiro atoms. The number of benzene rings is 9. The van der Waals surface area contributed by atoms with E-state index >= 15 is 0 Å². The summed E-state index contributed by atoms with van der Waals surface area (Å²) in [5.74, 6) is 3.63. The molecule has 64 heavy (non-hydrogen) atoms. The zero-order valence-electron chi connectivity index (χ0n) is 34.4. The molecule has 11 aromatic rings. The molecule has 0 aliphatic carbocycles. The van der Waals surface area contributed by atoms with Crippen LogP contribution in [-0.2, 0) is 0 Å². The molecule has 0 fully saturated rings. The van der Waals surface area contributed by atoms with Crippen LogP contribution in [0.25, 0.3) is 83.6 Å². The number of nitrogens with zero attached hydrogens (tertiary/aromatic N) is 4. The highest BCUT2D eigenvalue weighted by Crippen LogP contribution is 2.61. The number of aromatic nitrogens is 3. The van der Waals surface area contributed by atoms with Gasteiger partial charge in [-0.1, -0.05) is 158 Å². The van der Waals surface area contributed by atoms with Crippen LogP contribution in [0.4, 0.5) is 17.1 Å². The van der Waals surface area contributed by atoms with E-state index in [9.17, 15) is 0 Å². The molecule has 9 aromatic carbocycles. The molecule has 0 radical (unpaired) electrons. The largest absolute Gasteiger partial charge is 0.453 e. The number of hydrogen-bond donors (Lipinski definition) is 0. The number of rotatable bonds is 6. The SMILES string of the molecule is c1ccc(-c2ccc3c(c2)Oc2cc(-c4ccc5c(c4)c4ccccc4n5-c4nc(-c5ccccc5)cc(-c5ccccc5)n4)cc4c2N3c2ccc(-c3ccccc3)cc2O4)cc1. The number of anilines is 3. The molecule has 6 heteroatoms. The fourth-order valence-corrected chi connectivity index (χ4v) is 9.33. The Bertz CT molecular complexity index is 3440. The van der Waals surface area contributed by atoms with Crippen molar-refractivity contribution in [3.05, 3.63) is 218 Å². The summed E-state index contributed by atoms with van der Waals surface area (Å²) in [5, 5.41) is 2.20. The number of ether oxygens (including phenoxy) is 2. The van der Waals surface area contributed by atoms with Gasteiger partial charge in [-0.15, -0.1) is 0 Å². The van der Waals surface area contributed by atoms with Gasteiger partial charge in [0.1, 0.15) is 5.69 Å². The van der Waals surface area contributed by atoms with E-state index in [1.165, 1.54) is 0 Å². The Balaban J connectivity index is 0.979. The molecular formula is C58H36N4O2. The minimum atomic E-state index is 0.612. The van der Waals surface area contributed by atoms with Gasteiger partial charge in [-0.25, -0.2) is 9.97 Å². The summed E-state index contributed by atoms with van der Waals surface area (Å²) in [4.78, 5) is 12.8. The fraction of sp³-hybridized carbons (Fsp3) is 0. The van der Waals surface area contributed by atoms with Crippen molar-refractivity contribution in [2.75, 3.05) is 4.90 Å². The summed E-state index contributed by atoms with van der Waals surface area (Å²) in [6, 6.07) is 76.0. The van der Waals surface area contributed by atoms with Crippen molar-refractivity contribution in [1.29, 1.82) is 0 Å². The molecule has 0 unspecified atom stereocenters. The number of hydrogen-bond acceptors (Lipinski definition) is 5. The predicted molar refractivity (Wildman–Crippen MR) is 258 cm³/mol. The van der Waals surface area contributed by atoms with E-state index in [1.807, 2.05) is 48.5 Å². The molecule has 4 heterocycles. The third kappa shape index (κ3) is 5.88. The van der Waals surface area contributed by atoms with Crippen molar-refractivity contribution < 1.29 is 9.47 Å². The monoisotopic (exact) mass is 820 g/mol. The van der Waals surface area contributed by atoms with E-state index in [2.05, 4.69) is 179 Å². The summed E-state index contributed by atoms with van der Waals surface area (Å²) in [7, 11) is 0. The smallest absolute Gasteiger partial charge is 0.235 e. The van der Waals surface area contributed by atoms with Gasteiger partial charge in [0.05, 0.1) is 33.8 Å². The van der Waals surface area contributed by atoms with Gasteiger partial charge in [-0.05, 0) is 94.0 Å². The van der Waals surface area contributed by atoms with Crippen LogP contribution in [-0.4, -0.2) is 14.5 Å². The van der Waals surface area contributed by atoms with E-state index in [0.29, 0.717) is 5.95 Å². The lowest BCUT2D eigenvalue weighted by atomic mass is 9.98. The highest BCUT2D eigenvalue weighted by molar-refractivity contribution is 6.10. The molecule has 2 aliphatic rings. The van der Waals surface area contributed by atoms with Crippen LogP contribution in [0.2, 0.25) is 0 Å². The Kier molecular flexibility index (Phi) is 8.11.